The van der Waals surface area contributed by atoms with Crippen molar-refractivity contribution in [3.63, 3.8) is 0 Å². The molecule has 0 saturated carbocycles. The van der Waals surface area contributed by atoms with Crippen molar-refractivity contribution in [2.45, 2.75) is 6.92 Å². The highest BCUT2D eigenvalue weighted by molar-refractivity contribution is 7.14. The number of carbonyl (C=O) groups is 2. The normalized spacial score (nSPS) is 10.8. The van der Waals surface area contributed by atoms with Crippen LogP contribution >= 0.6 is 11.3 Å². The molecule has 0 aliphatic rings. The fourth-order valence-electron chi connectivity index (χ4n) is 2.53. The Labute approximate surface area is 168 Å². The lowest BCUT2D eigenvalue weighted by Crippen LogP contribution is -2.23. The number of nitrogens with zero attached hydrogens (tertiary/aromatic N) is 3. The Morgan fingerprint density at radius 2 is 1.97 bits per heavy atom. The van der Waals surface area contributed by atoms with Crippen LogP contribution in [0.25, 0.3) is 6.08 Å². The maximum Gasteiger partial charge on any atom is 0.270 e. The molecular weight excluding hydrogens is 397 g/mol. The Morgan fingerprint density at radius 3 is 2.66 bits per heavy atom. The molecule has 0 saturated heterocycles. The van der Waals surface area contributed by atoms with E-state index in [0.717, 1.165) is 16.2 Å². The summed E-state index contributed by atoms with van der Waals surface area (Å²) in [6.07, 6.45) is 2.67. The van der Waals surface area contributed by atoms with Crippen LogP contribution in [0, 0.1) is 15.9 Å². The molecule has 2 aromatic carbocycles. The zero-order valence-corrected chi connectivity index (χ0v) is 15.9. The molecule has 0 bridgehead atoms. The molecule has 9 heteroatoms. The molecular formula is C20H14FN3O4S. The number of thiazole rings is 1. The van der Waals surface area contributed by atoms with Gasteiger partial charge in [0.25, 0.3) is 5.69 Å². The van der Waals surface area contributed by atoms with Crippen molar-refractivity contribution in [1.82, 2.24) is 4.98 Å². The molecule has 0 aliphatic carbocycles. The second kappa shape index (κ2) is 8.53. The summed E-state index contributed by atoms with van der Waals surface area (Å²) in [6.45, 7) is 1.30. The number of nitro benzene ring substituents is 1. The van der Waals surface area contributed by atoms with Crippen molar-refractivity contribution < 1.29 is 18.9 Å². The van der Waals surface area contributed by atoms with E-state index in [9.17, 15) is 24.1 Å². The van der Waals surface area contributed by atoms with Gasteiger partial charge in [0.15, 0.2) is 10.9 Å². The van der Waals surface area contributed by atoms with Gasteiger partial charge in [-0.2, -0.15) is 0 Å². The van der Waals surface area contributed by atoms with Gasteiger partial charge in [0.05, 0.1) is 16.3 Å². The number of halogens is 1. The highest BCUT2D eigenvalue weighted by Gasteiger charge is 2.20. The molecule has 0 spiro atoms. The number of anilines is 2. The number of ketones is 1. The predicted molar refractivity (Wildman–Crippen MR) is 108 cm³/mol. The molecule has 1 amide bonds. The largest absolute Gasteiger partial charge is 0.289 e. The van der Waals surface area contributed by atoms with Crippen LogP contribution in [0.4, 0.5) is 20.9 Å². The number of aromatic nitrogens is 1. The predicted octanol–water partition coefficient (Wildman–Crippen LogP) is 4.77. The van der Waals surface area contributed by atoms with Crippen LogP contribution in [-0.2, 0) is 4.79 Å². The second-order valence-electron chi connectivity index (χ2n) is 5.87. The van der Waals surface area contributed by atoms with Crippen LogP contribution < -0.4 is 4.90 Å². The summed E-state index contributed by atoms with van der Waals surface area (Å²) < 4.78 is 14.1. The number of benzene rings is 2. The molecule has 0 atom stereocenters. The Bertz CT molecular complexity index is 1130. The van der Waals surface area contributed by atoms with E-state index in [1.165, 1.54) is 61.5 Å². The summed E-state index contributed by atoms with van der Waals surface area (Å²) in [6, 6.07) is 11.2. The molecule has 1 heterocycles. The number of para-hydroxylation sites is 1. The first-order chi connectivity index (χ1) is 13.9. The van der Waals surface area contributed by atoms with Gasteiger partial charge in [0.1, 0.15) is 5.82 Å². The van der Waals surface area contributed by atoms with Crippen LogP contribution in [0.5, 0.6) is 0 Å². The molecule has 0 fully saturated rings. The first-order valence-corrected chi connectivity index (χ1v) is 9.22. The number of hydrogen-bond acceptors (Lipinski definition) is 6. The molecule has 29 heavy (non-hydrogen) atoms. The van der Waals surface area contributed by atoms with E-state index >= 15 is 0 Å². The van der Waals surface area contributed by atoms with Gasteiger partial charge in [0, 0.05) is 30.0 Å². The van der Waals surface area contributed by atoms with Crippen LogP contribution in [0.2, 0.25) is 0 Å². The standard InChI is InChI=1S/C20H14FN3O4S/c1-13(25)23(18-8-3-2-7-17(18)21)20-22-15(12-29-20)9-10-19(26)14-5-4-6-16(11-14)24(27)28/h2-12H,1H3/b10-9+. The smallest absolute Gasteiger partial charge is 0.270 e. The maximum absolute atomic E-state index is 14.1. The van der Waals surface area contributed by atoms with E-state index in [-0.39, 0.29) is 22.1 Å². The van der Waals surface area contributed by atoms with Gasteiger partial charge < -0.3 is 0 Å². The molecule has 3 rings (SSSR count). The highest BCUT2D eigenvalue weighted by Crippen LogP contribution is 2.31. The van der Waals surface area contributed by atoms with Crippen LogP contribution in [-0.4, -0.2) is 21.6 Å². The minimum atomic E-state index is -0.577. The van der Waals surface area contributed by atoms with Crippen molar-refractivity contribution in [3.8, 4) is 0 Å². The first kappa shape index (κ1) is 20.0. The van der Waals surface area contributed by atoms with Gasteiger partial charge in [-0.3, -0.25) is 24.6 Å². The molecule has 0 N–H and O–H groups in total. The fourth-order valence-corrected chi connectivity index (χ4v) is 3.37. The Hall–Kier alpha value is -3.72. The quantitative estimate of drug-likeness (QED) is 0.252. The van der Waals surface area contributed by atoms with Gasteiger partial charge in [-0.05, 0) is 24.3 Å². The van der Waals surface area contributed by atoms with E-state index in [4.69, 9.17) is 0 Å². The van der Waals surface area contributed by atoms with Gasteiger partial charge >= 0.3 is 0 Å². The SMILES string of the molecule is CC(=O)N(c1nc(/C=C/C(=O)c2cccc([N+](=O)[O-])c2)cs1)c1ccccc1F. The third kappa shape index (κ3) is 4.58. The van der Waals surface area contributed by atoms with Crippen molar-refractivity contribution in [2.75, 3.05) is 4.90 Å². The fraction of sp³-hybridized carbons (Fsp3) is 0.0500. The molecule has 1 aromatic heterocycles. The molecule has 3 aromatic rings. The average Bonchev–Trinajstić information content (AvgIpc) is 3.16. The summed E-state index contributed by atoms with van der Waals surface area (Å²) in [5.74, 6) is -1.40. The number of hydrogen-bond donors (Lipinski definition) is 0. The topological polar surface area (TPSA) is 93.4 Å². The lowest BCUT2D eigenvalue weighted by Gasteiger charge is -2.18. The molecule has 146 valence electrons. The lowest BCUT2D eigenvalue weighted by atomic mass is 10.1. The number of non-ortho nitro benzene ring substituents is 1. The first-order valence-electron chi connectivity index (χ1n) is 8.34. The summed E-state index contributed by atoms with van der Waals surface area (Å²) in [7, 11) is 0. The van der Waals surface area contributed by atoms with E-state index in [1.54, 1.807) is 11.4 Å². The molecule has 7 nitrogen and oxygen atoms in total. The minimum Gasteiger partial charge on any atom is -0.289 e. The number of allylic oxidation sites excluding steroid dienone is 1. The molecule has 0 unspecified atom stereocenters. The van der Waals surface area contributed by atoms with Gasteiger partial charge in [-0.1, -0.05) is 24.3 Å². The summed E-state index contributed by atoms with van der Waals surface area (Å²) >= 11 is 1.12. The van der Waals surface area contributed by atoms with Crippen molar-refractivity contribution in [3.05, 3.63) is 87.2 Å². The number of rotatable bonds is 6. The van der Waals surface area contributed by atoms with Gasteiger partial charge in [-0.15, -0.1) is 11.3 Å². The maximum atomic E-state index is 14.1. The van der Waals surface area contributed by atoms with Crippen molar-refractivity contribution in [1.29, 1.82) is 0 Å². The van der Waals surface area contributed by atoms with E-state index in [0.29, 0.717) is 5.69 Å². The zero-order valence-electron chi connectivity index (χ0n) is 15.1. The lowest BCUT2D eigenvalue weighted by molar-refractivity contribution is -0.384. The summed E-state index contributed by atoms with van der Waals surface area (Å²) in [4.78, 5) is 40.0. The summed E-state index contributed by atoms with van der Waals surface area (Å²) in [5, 5.41) is 12.7. The second-order valence-corrected chi connectivity index (χ2v) is 6.70. The third-order valence-corrected chi connectivity index (χ3v) is 4.70. The Morgan fingerprint density at radius 1 is 1.21 bits per heavy atom. The minimum absolute atomic E-state index is 0.0811. The number of nitro groups is 1. The third-order valence-electron chi connectivity index (χ3n) is 3.86. The number of carbonyl (C=O) groups excluding carboxylic acids is 2. The molecule has 0 aliphatic heterocycles. The monoisotopic (exact) mass is 411 g/mol. The highest BCUT2D eigenvalue weighted by atomic mass is 32.1. The van der Waals surface area contributed by atoms with Crippen molar-refractivity contribution in [2.24, 2.45) is 0 Å². The molecule has 0 radical (unpaired) electrons. The Balaban J connectivity index is 1.83. The van der Waals surface area contributed by atoms with Crippen molar-refractivity contribution >= 4 is 45.6 Å². The van der Waals surface area contributed by atoms with Gasteiger partial charge in [0.2, 0.25) is 5.91 Å². The average molecular weight is 411 g/mol. The number of amides is 1. The van der Waals surface area contributed by atoms with Crippen LogP contribution in [0.1, 0.15) is 23.0 Å². The van der Waals surface area contributed by atoms with Crippen LogP contribution in [0.3, 0.4) is 0 Å². The van der Waals surface area contributed by atoms with E-state index in [1.807, 2.05) is 0 Å². The van der Waals surface area contributed by atoms with Crippen LogP contribution in [0.15, 0.2) is 60.0 Å². The zero-order chi connectivity index (χ0) is 21.0. The van der Waals surface area contributed by atoms with E-state index in [2.05, 4.69) is 4.98 Å². The van der Waals surface area contributed by atoms with Gasteiger partial charge in [-0.25, -0.2) is 9.37 Å². The summed E-state index contributed by atoms with van der Waals surface area (Å²) in [5.41, 5.74) is 0.466. The van der Waals surface area contributed by atoms with E-state index < -0.39 is 22.4 Å². The Kier molecular flexibility index (Phi) is 5.89.